The summed E-state index contributed by atoms with van der Waals surface area (Å²) in [6, 6.07) is 11.4. The van der Waals surface area contributed by atoms with Crippen molar-refractivity contribution in [2.45, 2.75) is 50.7 Å². The number of halogens is 7. The molecule has 2 aromatic heterocycles. The third-order valence-corrected chi connectivity index (χ3v) is 7.70. The second-order valence-electron chi connectivity index (χ2n) is 9.11. The Balaban J connectivity index is 1.83. The first kappa shape index (κ1) is 31.0. The van der Waals surface area contributed by atoms with Gasteiger partial charge < -0.3 is 19.8 Å². The molecule has 0 amide bonds. The van der Waals surface area contributed by atoms with Gasteiger partial charge in [0.2, 0.25) is 5.60 Å². The molecular formula is C28H23F7N2O4S. The zero-order chi connectivity index (χ0) is 30.7. The zero-order valence-corrected chi connectivity index (χ0v) is 22.5. The Morgan fingerprint density at radius 2 is 1.52 bits per heavy atom. The number of pyridine rings is 1. The van der Waals surface area contributed by atoms with E-state index in [0.717, 1.165) is 23.9 Å². The maximum absolute atomic E-state index is 14.4. The van der Waals surface area contributed by atoms with Gasteiger partial charge in [-0.15, -0.1) is 11.3 Å². The van der Waals surface area contributed by atoms with Crippen LogP contribution in [0.2, 0.25) is 0 Å². The fraction of sp³-hybridized carbons (Fsp3) is 0.286. The number of alkyl halides is 7. The van der Waals surface area contributed by atoms with Gasteiger partial charge in [-0.05, 0) is 47.2 Å². The third-order valence-electron chi connectivity index (χ3n) is 6.48. The summed E-state index contributed by atoms with van der Waals surface area (Å²) in [5.74, 6) is -2.34. The minimum Gasteiger partial charge on any atom is -0.619 e. The Kier molecular flexibility index (Phi) is 9.26. The molecule has 0 fully saturated rings. The highest BCUT2D eigenvalue weighted by molar-refractivity contribution is 7.11. The van der Waals surface area contributed by atoms with E-state index < -0.39 is 52.9 Å². The minimum absolute atomic E-state index is 0.00655. The maximum atomic E-state index is 14.4. The molecule has 0 aliphatic carbocycles. The van der Waals surface area contributed by atoms with Crippen molar-refractivity contribution in [1.29, 1.82) is 0 Å². The summed E-state index contributed by atoms with van der Waals surface area (Å²) in [5, 5.41) is 22.7. The SMILES string of the molecule is CCc1ccc(C(O)(c2cnc(C(Cc3cc[n+]([O-])cc3)c3ccc(OC(F)F)c(OC(F)F)c3)s2)C(F)(F)F)cc1. The second kappa shape index (κ2) is 12.5. The number of thiazole rings is 1. The number of ether oxygens (including phenoxy) is 2. The Labute approximate surface area is 239 Å². The van der Waals surface area contributed by atoms with Crippen LogP contribution in [0.5, 0.6) is 11.5 Å². The van der Waals surface area contributed by atoms with E-state index in [2.05, 4.69) is 14.5 Å². The molecule has 1 N–H and O–H groups in total. The van der Waals surface area contributed by atoms with E-state index >= 15 is 0 Å². The molecule has 0 aliphatic heterocycles. The summed E-state index contributed by atoms with van der Waals surface area (Å²) in [6.07, 6.45) is -1.31. The minimum atomic E-state index is -5.15. The van der Waals surface area contributed by atoms with Crippen molar-refractivity contribution >= 4 is 11.3 Å². The standard InChI is InChI=1S/C28H23F7N2O4S/c1-2-16-3-6-19(7-4-16)27(38,28(33,34)35)23-15-36-24(42-23)20(13-17-9-11-37(39)12-10-17)18-5-8-21(40-25(29)30)22(14-18)41-26(31)32/h3-12,14-15,20,25-26,38H,2,13H2,1H3. The van der Waals surface area contributed by atoms with Crippen molar-refractivity contribution in [3.8, 4) is 11.5 Å². The van der Waals surface area contributed by atoms with E-state index in [0.29, 0.717) is 28.1 Å². The predicted molar refractivity (Wildman–Crippen MR) is 138 cm³/mol. The molecule has 0 saturated carbocycles. The van der Waals surface area contributed by atoms with Gasteiger partial charge in [-0.2, -0.15) is 35.5 Å². The highest BCUT2D eigenvalue weighted by atomic mass is 32.1. The molecule has 0 saturated heterocycles. The second-order valence-corrected chi connectivity index (χ2v) is 10.2. The first-order valence-corrected chi connectivity index (χ1v) is 13.2. The van der Waals surface area contributed by atoms with Crippen LogP contribution in [0.4, 0.5) is 30.7 Å². The average molecular weight is 617 g/mol. The molecule has 2 heterocycles. The smallest absolute Gasteiger partial charge is 0.426 e. The van der Waals surface area contributed by atoms with Crippen molar-refractivity contribution < 1.29 is 50.0 Å². The number of nitrogens with zero attached hydrogens (tertiary/aromatic N) is 2. The van der Waals surface area contributed by atoms with E-state index in [1.165, 1.54) is 54.9 Å². The molecule has 0 spiro atoms. The van der Waals surface area contributed by atoms with Gasteiger partial charge in [-0.25, -0.2) is 4.98 Å². The number of hydrogen-bond acceptors (Lipinski definition) is 6. The first-order valence-electron chi connectivity index (χ1n) is 12.4. The number of aryl methyl sites for hydroxylation is 1. The highest BCUT2D eigenvalue weighted by Gasteiger charge is 2.57. The van der Waals surface area contributed by atoms with Gasteiger partial charge in [-0.3, -0.25) is 0 Å². The van der Waals surface area contributed by atoms with Crippen LogP contribution in [-0.4, -0.2) is 29.5 Å². The normalized spacial score (nSPS) is 14.2. The van der Waals surface area contributed by atoms with Crippen LogP contribution in [0, 0.1) is 5.21 Å². The molecule has 224 valence electrons. The third kappa shape index (κ3) is 6.76. The number of aliphatic hydroxyl groups is 1. The molecule has 4 rings (SSSR count). The molecule has 14 heteroatoms. The fourth-order valence-electron chi connectivity index (χ4n) is 4.33. The zero-order valence-electron chi connectivity index (χ0n) is 21.7. The lowest BCUT2D eigenvalue weighted by Gasteiger charge is -2.30. The lowest BCUT2D eigenvalue weighted by molar-refractivity contribution is -0.605. The Hall–Kier alpha value is -3.91. The fourth-order valence-corrected chi connectivity index (χ4v) is 5.51. The topological polar surface area (TPSA) is 78.5 Å². The van der Waals surface area contributed by atoms with Gasteiger partial charge in [0.1, 0.15) is 5.01 Å². The van der Waals surface area contributed by atoms with E-state index in [4.69, 9.17) is 0 Å². The molecule has 2 unspecified atom stereocenters. The molecule has 6 nitrogen and oxygen atoms in total. The van der Waals surface area contributed by atoms with E-state index in [1.54, 1.807) is 0 Å². The van der Waals surface area contributed by atoms with E-state index in [-0.39, 0.29) is 17.0 Å². The van der Waals surface area contributed by atoms with Gasteiger partial charge in [0.05, 0.1) is 4.88 Å². The van der Waals surface area contributed by atoms with Crippen LogP contribution in [0.1, 0.15) is 45.0 Å². The summed E-state index contributed by atoms with van der Waals surface area (Å²) in [4.78, 5) is 3.61. The molecule has 2 atom stereocenters. The summed E-state index contributed by atoms with van der Waals surface area (Å²) >= 11 is 0.543. The first-order chi connectivity index (χ1) is 19.8. The largest absolute Gasteiger partial charge is 0.619 e. The lowest BCUT2D eigenvalue weighted by atomic mass is 9.91. The number of rotatable bonds is 11. The van der Waals surface area contributed by atoms with Gasteiger partial charge in [0.15, 0.2) is 23.9 Å². The quantitative estimate of drug-likeness (QED) is 0.115. The van der Waals surface area contributed by atoms with Gasteiger partial charge in [-0.1, -0.05) is 37.3 Å². The number of aromatic nitrogens is 2. The van der Waals surface area contributed by atoms with Crippen LogP contribution >= 0.6 is 11.3 Å². The van der Waals surface area contributed by atoms with Crippen LogP contribution in [0.25, 0.3) is 0 Å². The Morgan fingerprint density at radius 3 is 2.10 bits per heavy atom. The summed E-state index contributed by atoms with van der Waals surface area (Å²) < 4.78 is 104. The maximum Gasteiger partial charge on any atom is 0.426 e. The monoisotopic (exact) mass is 616 g/mol. The van der Waals surface area contributed by atoms with Crippen molar-refractivity contribution in [1.82, 2.24) is 4.98 Å². The number of benzene rings is 2. The molecule has 2 aromatic carbocycles. The van der Waals surface area contributed by atoms with Gasteiger partial charge >= 0.3 is 19.4 Å². The van der Waals surface area contributed by atoms with Crippen LogP contribution < -0.4 is 14.2 Å². The van der Waals surface area contributed by atoms with Crippen LogP contribution in [0.15, 0.2) is 73.2 Å². The number of hydrogen-bond donors (Lipinski definition) is 1. The Morgan fingerprint density at radius 1 is 0.905 bits per heavy atom. The molecule has 0 aliphatic rings. The Bertz CT molecular complexity index is 1480. The molecule has 0 bridgehead atoms. The summed E-state index contributed by atoms with van der Waals surface area (Å²) in [5.41, 5.74) is -2.40. The average Bonchev–Trinajstić information content (AvgIpc) is 3.42. The van der Waals surface area contributed by atoms with E-state index in [1.807, 2.05) is 6.92 Å². The van der Waals surface area contributed by atoms with Crippen LogP contribution in [-0.2, 0) is 18.4 Å². The predicted octanol–water partition coefficient (Wildman–Crippen LogP) is 6.71. The van der Waals surface area contributed by atoms with Crippen LogP contribution in [0.3, 0.4) is 0 Å². The lowest BCUT2D eigenvalue weighted by Crippen LogP contribution is -2.42. The van der Waals surface area contributed by atoms with Gasteiger partial charge in [0.25, 0.3) is 0 Å². The molecule has 42 heavy (non-hydrogen) atoms. The summed E-state index contributed by atoms with van der Waals surface area (Å²) in [7, 11) is 0. The highest BCUT2D eigenvalue weighted by Crippen LogP contribution is 2.48. The van der Waals surface area contributed by atoms with Crippen molar-refractivity contribution in [3.05, 3.63) is 111 Å². The summed E-state index contributed by atoms with van der Waals surface area (Å²) in [6.45, 7) is -4.91. The van der Waals surface area contributed by atoms with Crippen molar-refractivity contribution in [2.24, 2.45) is 0 Å². The molecular weight excluding hydrogens is 593 g/mol. The molecule has 0 radical (unpaired) electrons. The molecule has 4 aromatic rings. The van der Waals surface area contributed by atoms with Gasteiger partial charge in [0, 0.05) is 24.2 Å². The van der Waals surface area contributed by atoms with Crippen molar-refractivity contribution in [2.75, 3.05) is 0 Å². The van der Waals surface area contributed by atoms with E-state index in [9.17, 15) is 41.0 Å². The van der Waals surface area contributed by atoms with Crippen molar-refractivity contribution in [3.63, 3.8) is 0 Å².